The fraction of sp³-hybridized carbons (Fsp3) is 0.0667. The zero-order valence-electron chi connectivity index (χ0n) is 10.1. The Bertz CT molecular complexity index is 783. The summed E-state index contributed by atoms with van der Waals surface area (Å²) >= 11 is 5.97. The van der Waals surface area contributed by atoms with Gasteiger partial charge in [-0.1, -0.05) is 29.8 Å². The lowest BCUT2D eigenvalue weighted by Gasteiger charge is -2.09. The van der Waals surface area contributed by atoms with Crippen LogP contribution in [-0.2, 0) is 0 Å². The van der Waals surface area contributed by atoms with E-state index in [9.17, 15) is 13.9 Å². The molecule has 3 rings (SSSR count). The molecule has 20 heavy (non-hydrogen) atoms. The molecular formula is C15H9ClF2O2. The lowest BCUT2D eigenvalue weighted by molar-refractivity contribution is 0.187. The summed E-state index contributed by atoms with van der Waals surface area (Å²) in [5, 5.41) is 11.3. The third-order valence-corrected chi connectivity index (χ3v) is 3.34. The highest BCUT2D eigenvalue weighted by Crippen LogP contribution is 2.32. The van der Waals surface area contributed by atoms with Gasteiger partial charge in [-0.25, -0.2) is 8.78 Å². The SMILES string of the molecule is OC(c1cc2cccc(Cl)c2o1)c1ccc(F)cc1F. The minimum absolute atomic E-state index is 0.0541. The van der Waals surface area contributed by atoms with Crippen molar-refractivity contribution in [2.24, 2.45) is 0 Å². The van der Waals surface area contributed by atoms with Crippen LogP contribution in [0.3, 0.4) is 0 Å². The van der Waals surface area contributed by atoms with Crippen LogP contribution in [0.1, 0.15) is 17.4 Å². The van der Waals surface area contributed by atoms with Gasteiger partial charge in [-0.2, -0.15) is 0 Å². The summed E-state index contributed by atoms with van der Waals surface area (Å²) in [4.78, 5) is 0. The smallest absolute Gasteiger partial charge is 0.153 e. The quantitative estimate of drug-likeness (QED) is 0.757. The lowest BCUT2D eigenvalue weighted by atomic mass is 10.1. The van der Waals surface area contributed by atoms with Gasteiger partial charge < -0.3 is 9.52 Å². The van der Waals surface area contributed by atoms with Gasteiger partial charge in [0.25, 0.3) is 0 Å². The normalized spacial score (nSPS) is 12.8. The zero-order chi connectivity index (χ0) is 14.3. The van der Waals surface area contributed by atoms with E-state index in [4.69, 9.17) is 16.0 Å². The number of hydrogen-bond donors (Lipinski definition) is 1. The third-order valence-electron chi connectivity index (χ3n) is 3.04. The van der Waals surface area contributed by atoms with Crippen LogP contribution < -0.4 is 0 Å². The van der Waals surface area contributed by atoms with E-state index in [1.807, 2.05) is 0 Å². The molecule has 0 aliphatic heterocycles. The van der Waals surface area contributed by atoms with Crippen molar-refractivity contribution in [2.75, 3.05) is 0 Å². The Kier molecular flexibility index (Phi) is 3.20. The van der Waals surface area contributed by atoms with Crippen LogP contribution >= 0.6 is 11.6 Å². The van der Waals surface area contributed by atoms with Crippen LogP contribution in [0.2, 0.25) is 5.02 Å². The average molecular weight is 295 g/mol. The van der Waals surface area contributed by atoms with Gasteiger partial charge in [0.1, 0.15) is 23.5 Å². The zero-order valence-corrected chi connectivity index (χ0v) is 10.9. The molecule has 0 fully saturated rings. The fourth-order valence-electron chi connectivity index (χ4n) is 2.06. The number of benzene rings is 2. The van der Waals surface area contributed by atoms with Crippen LogP contribution in [0.25, 0.3) is 11.0 Å². The van der Waals surface area contributed by atoms with Crippen LogP contribution in [-0.4, -0.2) is 5.11 Å². The van der Waals surface area contributed by atoms with Crippen molar-refractivity contribution in [1.82, 2.24) is 0 Å². The van der Waals surface area contributed by atoms with E-state index in [1.165, 1.54) is 6.07 Å². The maximum absolute atomic E-state index is 13.7. The first-order chi connectivity index (χ1) is 9.56. The molecule has 3 aromatic rings. The molecule has 102 valence electrons. The maximum Gasteiger partial charge on any atom is 0.153 e. The first-order valence-corrected chi connectivity index (χ1v) is 6.25. The molecule has 0 aliphatic rings. The van der Waals surface area contributed by atoms with Gasteiger partial charge in [-0.3, -0.25) is 0 Å². The monoisotopic (exact) mass is 294 g/mol. The van der Waals surface area contributed by atoms with Gasteiger partial charge >= 0.3 is 0 Å². The molecule has 0 saturated heterocycles. The number of para-hydroxylation sites is 1. The predicted octanol–water partition coefficient (Wildman–Crippen LogP) is 4.45. The van der Waals surface area contributed by atoms with Crippen LogP contribution in [0.15, 0.2) is 46.9 Å². The van der Waals surface area contributed by atoms with Crippen molar-refractivity contribution in [3.8, 4) is 0 Å². The Hall–Kier alpha value is -1.91. The molecule has 1 unspecified atom stereocenters. The topological polar surface area (TPSA) is 33.4 Å². The first-order valence-electron chi connectivity index (χ1n) is 5.87. The molecule has 0 radical (unpaired) electrons. The van der Waals surface area contributed by atoms with Gasteiger partial charge in [0.2, 0.25) is 0 Å². The van der Waals surface area contributed by atoms with Crippen molar-refractivity contribution in [3.63, 3.8) is 0 Å². The van der Waals surface area contributed by atoms with Gasteiger partial charge in [0.15, 0.2) is 5.58 Å². The Morgan fingerprint density at radius 1 is 1.10 bits per heavy atom. The molecule has 2 nitrogen and oxygen atoms in total. The molecule has 2 aromatic carbocycles. The second kappa shape index (κ2) is 4.89. The maximum atomic E-state index is 13.7. The fourth-order valence-corrected chi connectivity index (χ4v) is 2.28. The number of hydrogen-bond acceptors (Lipinski definition) is 2. The van der Waals surface area contributed by atoms with Gasteiger partial charge in [0.05, 0.1) is 5.02 Å². The van der Waals surface area contributed by atoms with Crippen molar-refractivity contribution in [2.45, 2.75) is 6.10 Å². The summed E-state index contributed by atoms with van der Waals surface area (Å²) in [7, 11) is 0. The molecule has 0 aliphatic carbocycles. The predicted molar refractivity (Wildman–Crippen MR) is 71.6 cm³/mol. The largest absolute Gasteiger partial charge is 0.456 e. The van der Waals surface area contributed by atoms with Crippen molar-refractivity contribution in [3.05, 3.63) is 70.4 Å². The van der Waals surface area contributed by atoms with Gasteiger partial charge in [-0.15, -0.1) is 0 Å². The van der Waals surface area contributed by atoms with E-state index < -0.39 is 17.7 Å². The second-order valence-electron chi connectivity index (χ2n) is 4.38. The molecule has 5 heteroatoms. The van der Waals surface area contributed by atoms with Crippen LogP contribution in [0.4, 0.5) is 8.78 Å². The van der Waals surface area contributed by atoms with Crippen molar-refractivity contribution in [1.29, 1.82) is 0 Å². The molecule has 0 amide bonds. The number of rotatable bonds is 2. The minimum atomic E-state index is -1.32. The summed E-state index contributed by atoms with van der Waals surface area (Å²) in [5.74, 6) is -1.38. The summed E-state index contributed by atoms with van der Waals surface area (Å²) < 4.78 is 32.0. The van der Waals surface area contributed by atoms with Gasteiger partial charge in [0, 0.05) is 17.0 Å². The lowest BCUT2D eigenvalue weighted by Crippen LogP contribution is -2.01. The second-order valence-corrected chi connectivity index (χ2v) is 4.78. The highest BCUT2D eigenvalue weighted by Gasteiger charge is 2.20. The number of fused-ring (bicyclic) bond motifs is 1. The number of furan rings is 1. The van der Waals surface area contributed by atoms with E-state index >= 15 is 0 Å². The molecule has 1 atom stereocenters. The molecular weight excluding hydrogens is 286 g/mol. The van der Waals surface area contributed by atoms with Gasteiger partial charge in [-0.05, 0) is 18.2 Å². The molecule has 1 N–H and O–H groups in total. The Morgan fingerprint density at radius 2 is 1.90 bits per heavy atom. The first kappa shape index (κ1) is 13.1. The molecule has 1 aromatic heterocycles. The van der Waals surface area contributed by atoms with E-state index in [2.05, 4.69) is 0 Å². The molecule has 0 spiro atoms. The summed E-state index contributed by atoms with van der Waals surface area (Å²) in [6.45, 7) is 0. The van der Waals surface area contributed by atoms with Crippen molar-refractivity contribution >= 4 is 22.6 Å². The Labute approximate surface area is 118 Å². The number of aliphatic hydroxyl groups is 1. The number of halogens is 3. The van der Waals surface area contributed by atoms with E-state index in [0.29, 0.717) is 22.1 Å². The average Bonchev–Trinajstić information content (AvgIpc) is 2.83. The molecule has 1 heterocycles. The van der Waals surface area contributed by atoms with Crippen LogP contribution in [0.5, 0.6) is 0 Å². The molecule has 0 saturated carbocycles. The highest BCUT2D eigenvalue weighted by molar-refractivity contribution is 6.34. The Morgan fingerprint density at radius 3 is 2.60 bits per heavy atom. The highest BCUT2D eigenvalue weighted by atomic mass is 35.5. The minimum Gasteiger partial charge on any atom is -0.456 e. The van der Waals surface area contributed by atoms with Crippen LogP contribution in [0, 0.1) is 11.6 Å². The number of aliphatic hydroxyl groups excluding tert-OH is 1. The Balaban J connectivity index is 2.08. The summed E-state index contributed by atoms with van der Waals surface area (Å²) in [5.41, 5.74) is 0.368. The summed E-state index contributed by atoms with van der Waals surface area (Å²) in [6.07, 6.45) is -1.32. The standard InChI is InChI=1S/C15H9ClF2O2/c16-11-3-1-2-8-6-13(20-15(8)11)14(19)10-5-4-9(17)7-12(10)18/h1-7,14,19H. The summed E-state index contributed by atoms with van der Waals surface area (Å²) in [6, 6.07) is 9.73. The molecule has 0 bridgehead atoms. The van der Waals surface area contributed by atoms with E-state index in [1.54, 1.807) is 24.3 Å². The third kappa shape index (κ3) is 2.17. The van der Waals surface area contributed by atoms with E-state index in [-0.39, 0.29) is 11.3 Å². The van der Waals surface area contributed by atoms with E-state index in [0.717, 1.165) is 6.07 Å². The van der Waals surface area contributed by atoms with Crippen molar-refractivity contribution < 1.29 is 18.3 Å².